The molecule has 2 nitrogen and oxygen atoms in total. The Balaban J connectivity index is 1.52. The molecule has 5 aliphatic rings. The average molecular weight is 316 g/mol. The third kappa shape index (κ3) is 1.50. The van der Waals surface area contributed by atoms with E-state index in [-0.39, 0.29) is 17.4 Å². The fraction of sp³-hybridized carbons (Fsp3) is 0.952. The molecule has 2 heteroatoms. The van der Waals surface area contributed by atoms with Gasteiger partial charge in [-0.1, -0.05) is 13.8 Å². The Labute approximate surface area is 140 Å². The van der Waals surface area contributed by atoms with Crippen LogP contribution < -0.4 is 0 Å². The van der Waals surface area contributed by atoms with Gasteiger partial charge in [-0.25, -0.2) is 0 Å². The molecule has 0 unspecified atom stereocenters. The van der Waals surface area contributed by atoms with Gasteiger partial charge in [-0.2, -0.15) is 0 Å². The van der Waals surface area contributed by atoms with Crippen molar-refractivity contribution in [1.82, 2.24) is 0 Å². The van der Waals surface area contributed by atoms with E-state index in [0.29, 0.717) is 28.4 Å². The maximum atomic E-state index is 12.2. The monoisotopic (exact) mass is 316 g/mol. The molecule has 0 amide bonds. The van der Waals surface area contributed by atoms with Crippen LogP contribution in [0.25, 0.3) is 0 Å². The molecule has 5 saturated carbocycles. The van der Waals surface area contributed by atoms with E-state index >= 15 is 0 Å². The first kappa shape index (κ1) is 14.9. The van der Waals surface area contributed by atoms with E-state index in [1.807, 2.05) is 6.92 Å². The van der Waals surface area contributed by atoms with Gasteiger partial charge in [-0.05, 0) is 92.8 Å². The van der Waals surface area contributed by atoms with Crippen molar-refractivity contribution < 1.29 is 9.90 Å². The average Bonchev–Trinajstić information content (AvgIpc) is 3.01. The van der Waals surface area contributed by atoms with Gasteiger partial charge in [0.15, 0.2) is 0 Å². The molecule has 0 aromatic heterocycles. The van der Waals surface area contributed by atoms with Crippen molar-refractivity contribution in [2.45, 2.75) is 78.2 Å². The highest BCUT2D eigenvalue weighted by Crippen LogP contribution is 2.81. The summed E-state index contributed by atoms with van der Waals surface area (Å²) >= 11 is 0. The van der Waals surface area contributed by atoms with E-state index in [1.54, 1.807) is 0 Å². The van der Waals surface area contributed by atoms with Gasteiger partial charge in [-0.15, -0.1) is 0 Å². The molecule has 0 saturated heterocycles. The normalized spacial score (nSPS) is 63.0. The fourth-order valence-electron chi connectivity index (χ4n) is 8.98. The van der Waals surface area contributed by atoms with E-state index in [2.05, 4.69) is 13.8 Å². The minimum absolute atomic E-state index is 0.0695. The highest BCUT2D eigenvalue weighted by atomic mass is 16.3. The number of hydrogen-bond donors (Lipinski definition) is 1. The number of rotatable bonds is 1. The molecule has 5 fully saturated rings. The minimum atomic E-state index is -0.0695. The van der Waals surface area contributed by atoms with Gasteiger partial charge < -0.3 is 5.11 Å². The zero-order chi connectivity index (χ0) is 16.2. The first-order valence-electron chi connectivity index (χ1n) is 10.0. The second-order valence-corrected chi connectivity index (χ2v) is 10.3. The van der Waals surface area contributed by atoms with Crippen molar-refractivity contribution in [3.05, 3.63) is 0 Å². The first-order valence-corrected chi connectivity index (χ1v) is 10.0. The molecule has 0 heterocycles. The van der Waals surface area contributed by atoms with Crippen molar-refractivity contribution in [1.29, 1.82) is 0 Å². The molecule has 0 radical (unpaired) electrons. The largest absolute Gasteiger partial charge is 0.393 e. The number of hydrogen-bond acceptors (Lipinski definition) is 2. The molecule has 1 N–H and O–H groups in total. The topological polar surface area (TPSA) is 37.3 Å². The summed E-state index contributed by atoms with van der Waals surface area (Å²) in [4.78, 5) is 12.2. The van der Waals surface area contributed by atoms with Crippen LogP contribution in [0.2, 0.25) is 0 Å². The van der Waals surface area contributed by atoms with Crippen LogP contribution in [0, 0.1) is 45.8 Å². The molecule has 0 aromatic rings. The van der Waals surface area contributed by atoms with E-state index in [4.69, 9.17) is 0 Å². The fourth-order valence-corrected chi connectivity index (χ4v) is 8.98. The lowest BCUT2D eigenvalue weighted by Crippen LogP contribution is -2.56. The van der Waals surface area contributed by atoms with Crippen molar-refractivity contribution in [2.75, 3.05) is 0 Å². The quantitative estimate of drug-likeness (QED) is 0.787. The lowest BCUT2D eigenvalue weighted by Gasteiger charge is -2.60. The number of fused-ring (bicyclic) bond motifs is 4. The summed E-state index contributed by atoms with van der Waals surface area (Å²) in [6.07, 6.45) is 9.83. The third-order valence-corrected chi connectivity index (χ3v) is 10.1. The Morgan fingerprint density at radius 2 is 1.83 bits per heavy atom. The zero-order valence-corrected chi connectivity index (χ0v) is 15.0. The van der Waals surface area contributed by atoms with E-state index in [9.17, 15) is 9.90 Å². The SMILES string of the molecule is CC(=O)[C@@H]1CC[C@@H]2[C@@H]3C[C@H](O)[C@]45C[C@H]4CC[C@]5(C)[C@@H]3CC[C@@]21C. The maximum absolute atomic E-state index is 12.2. The number of Topliss-reactive ketones (excluding diaryl/α,β-unsaturated/α-hetero) is 1. The van der Waals surface area contributed by atoms with Crippen molar-refractivity contribution in [3.8, 4) is 0 Å². The molecule has 128 valence electrons. The Morgan fingerprint density at radius 1 is 1.04 bits per heavy atom. The zero-order valence-electron chi connectivity index (χ0n) is 15.0. The van der Waals surface area contributed by atoms with Crippen molar-refractivity contribution >= 4 is 5.78 Å². The Bertz CT molecular complexity index is 570. The Hall–Kier alpha value is -0.370. The Kier molecular flexibility index (Phi) is 2.75. The van der Waals surface area contributed by atoms with Gasteiger partial charge in [0, 0.05) is 11.3 Å². The summed E-state index contributed by atoms with van der Waals surface area (Å²) < 4.78 is 0. The highest BCUT2D eigenvalue weighted by molar-refractivity contribution is 5.79. The molecular weight excluding hydrogens is 284 g/mol. The first-order chi connectivity index (χ1) is 10.8. The van der Waals surface area contributed by atoms with Crippen LogP contribution in [0.1, 0.15) is 72.1 Å². The lowest BCUT2D eigenvalue weighted by molar-refractivity contribution is -0.153. The predicted octanol–water partition coefficient (Wildman–Crippen LogP) is 4.21. The van der Waals surface area contributed by atoms with Gasteiger partial charge in [0.1, 0.15) is 5.78 Å². The molecule has 5 aliphatic carbocycles. The van der Waals surface area contributed by atoms with Crippen LogP contribution in [0.4, 0.5) is 0 Å². The number of ketones is 1. The van der Waals surface area contributed by atoms with Crippen LogP contribution in [-0.4, -0.2) is 17.0 Å². The second-order valence-electron chi connectivity index (χ2n) is 10.3. The smallest absolute Gasteiger partial charge is 0.133 e. The minimum Gasteiger partial charge on any atom is -0.393 e. The molecule has 0 bridgehead atoms. The number of carbonyl (C=O) groups is 1. The summed E-state index contributed by atoms with van der Waals surface area (Å²) in [6, 6.07) is 0. The van der Waals surface area contributed by atoms with Crippen LogP contribution in [0.15, 0.2) is 0 Å². The number of aliphatic hydroxyl groups excluding tert-OH is 1. The standard InChI is InChI=1S/C21H32O2/c1-12(22)15-4-5-16-14-10-18(23)21-11-13(21)6-9-20(21,3)17(14)7-8-19(15,16)2/h13-18,23H,4-11H2,1-3H3/t13-,14+,15+,16-,17-,18+,19-,20-,21+/m1/s1. The lowest BCUT2D eigenvalue weighted by atomic mass is 9.45. The van der Waals surface area contributed by atoms with Crippen molar-refractivity contribution in [2.24, 2.45) is 45.8 Å². The third-order valence-electron chi connectivity index (χ3n) is 10.1. The highest BCUT2D eigenvalue weighted by Gasteiger charge is 2.77. The van der Waals surface area contributed by atoms with Gasteiger partial charge in [0.25, 0.3) is 0 Å². The molecule has 0 aromatic carbocycles. The number of aliphatic hydroxyl groups is 1. The van der Waals surface area contributed by atoms with Crippen molar-refractivity contribution in [3.63, 3.8) is 0 Å². The van der Waals surface area contributed by atoms with Crippen LogP contribution in [0.3, 0.4) is 0 Å². The summed E-state index contributed by atoms with van der Waals surface area (Å²) in [5.74, 6) is 3.68. The van der Waals surface area contributed by atoms with Crippen LogP contribution in [-0.2, 0) is 4.79 Å². The summed E-state index contributed by atoms with van der Waals surface area (Å²) in [6.45, 7) is 6.74. The summed E-state index contributed by atoms with van der Waals surface area (Å²) in [7, 11) is 0. The van der Waals surface area contributed by atoms with Gasteiger partial charge >= 0.3 is 0 Å². The summed E-state index contributed by atoms with van der Waals surface area (Å²) in [5.41, 5.74) is 0.894. The van der Waals surface area contributed by atoms with Gasteiger partial charge in [0.05, 0.1) is 6.10 Å². The molecule has 23 heavy (non-hydrogen) atoms. The summed E-state index contributed by atoms with van der Waals surface area (Å²) in [5, 5.41) is 11.1. The molecule has 9 atom stereocenters. The Morgan fingerprint density at radius 3 is 2.52 bits per heavy atom. The van der Waals surface area contributed by atoms with Gasteiger partial charge in [0.2, 0.25) is 0 Å². The predicted molar refractivity (Wildman–Crippen MR) is 89.7 cm³/mol. The van der Waals surface area contributed by atoms with Crippen LogP contribution >= 0.6 is 0 Å². The maximum Gasteiger partial charge on any atom is 0.133 e. The van der Waals surface area contributed by atoms with E-state index < -0.39 is 0 Å². The molecule has 5 rings (SSSR count). The molecule has 0 aliphatic heterocycles. The molecular formula is C21H32O2. The molecule has 1 spiro atoms. The van der Waals surface area contributed by atoms with Gasteiger partial charge in [-0.3, -0.25) is 4.79 Å². The second kappa shape index (κ2) is 4.23. The number of carbonyl (C=O) groups excluding carboxylic acids is 1. The van der Waals surface area contributed by atoms with E-state index in [0.717, 1.165) is 24.7 Å². The van der Waals surface area contributed by atoms with Crippen LogP contribution in [0.5, 0.6) is 0 Å². The van der Waals surface area contributed by atoms with E-state index in [1.165, 1.54) is 38.5 Å².